The molecule has 1 unspecified atom stereocenters. The Balaban J connectivity index is 0.00000147. The van der Waals surface area contributed by atoms with E-state index in [2.05, 4.69) is 31.3 Å². The van der Waals surface area contributed by atoms with Crippen LogP contribution in [0.1, 0.15) is 19.8 Å². The molecule has 43 heavy (non-hydrogen) atoms. The lowest BCUT2D eigenvalue weighted by molar-refractivity contribution is -0.826. The van der Waals surface area contributed by atoms with Gasteiger partial charge in [0.05, 0.1) is 13.2 Å². The molecule has 1 aliphatic heterocycles. The first-order valence-electron chi connectivity index (χ1n) is 10.4. The second-order valence-corrected chi connectivity index (χ2v) is 11.9. The van der Waals surface area contributed by atoms with Gasteiger partial charge in [-0.2, -0.15) is 79.0 Å². The molecular formula is C16H17F18N3O4S2. The predicted octanol–water partition coefficient (Wildman–Crippen LogP) is 4.92. The van der Waals surface area contributed by atoms with Crippen molar-refractivity contribution in [3.8, 4) is 0 Å². The summed E-state index contributed by atoms with van der Waals surface area (Å²) < 4.78 is 269. The van der Waals surface area contributed by atoms with Crippen molar-refractivity contribution in [2.45, 2.75) is 66.3 Å². The molecule has 0 aromatic rings. The first kappa shape index (κ1) is 41.1. The standard InChI is InChI=1S/C8F18NO4S2.C8H16N2/c9-1(10,5(17,18)19)3(13,14)7(23,24)32(28,29)27-33(30,31)8(25,26)4(15,16)2(11,12)6(20,21)22;1-3-4-5-10-7-6-9(2)8-10/h;6-7H,3-5,8H2,1-2H3/q-1;/p+1. The Morgan fingerprint density at radius 3 is 1.21 bits per heavy atom. The van der Waals surface area contributed by atoms with Crippen LogP contribution in [0.25, 0.3) is 4.13 Å². The second-order valence-electron chi connectivity index (χ2n) is 8.34. The Bertz CT molecular complexity index is 1130. The number of hydrogen-bond acceptors (Lipinski definition) is 5. The normalized spacial score (nSPS) is 18.5. The van der Waals surface area contributed by atoms with Crippen LogP contribution in [0.15, 0.2) is 12.4 Å². The van der Waals surface area contributed by atoms with Crippen molar-refractivity contribution in [1.82, 2.24) is 4.90 Å². The first-order chi connectivity index (χ1) is 18.5. The van der Waals surface area contributed by atoms with Crippen LogP contribution in [0.3, 0.4) is 0 Å². The molecule has 0 spiro atoms. The van der Waals surface area contributed by atoms with Crippen LogP contribution < -0.4 is 4.90 Å². The number of rotatable bonds is 11. The lowest BCUT2D eigenvalue weighted by Gasteiger charge is -2.39. The number of quaternary nitrogens is 1. The van der Waals surface area contributed by atoms with Gasteiger partial charge in [-0.3, -0.25) is 4.90 Å². The largest absolute Gasteiger partial charge is 0.460 e. The van der Waals surface area contributed by atoms with Gasteiger partial charge < -0.3 is 9.03 Å². The molecule has 1 rings (SSSR count). The highest BCUT2D eigenvalue weighted by Gasteiger charge is 2.86. The molecule has 0 fully saturated rings. The van der Waals surface area contributed by atoms with Gasteiger partial charge in [-0.15, -0.1) is 0 Å². The van der Waals surface area contributed by atoms with E-state index in [-0.39, 0.29) is 4.13 Å². The van der Waals surface area contributed by atoms with Crippen molar-refractivity contribution in [3.63, 3.8) is 0 Å². The maximum Gasteiger partial charge on any atom is 0.460 e. The first-order valence-corrected chi connectivity index (χ1v) is 13.3. The molecule has 1 N–H and O–H groups in total. The van der Waals surface area contributed by atoms with E-state index >= 15 is 0 Å². The zero-order chi connectivity index (χ0) is 35.1. The van der Waals surface area contributed by atoms with Crippen LogP contribution in [0.2, 0.25) is 0 Å². The highest BCUT2D eigenvalue weighted by Crippen LogP contribution is 2.58. The summed E-state index contributed by atoms with van der Waals surface area (Å²) in [5.41, 5.74) is 0. The van der Waals surface area contributed by atoms with E-state index in [1.807, 2.05) is 0 Å². The zero-order valence-corrected chi connectivity index (χ0v) is 22.3. The highest BCUT2D eigenvalue weighted by molar-refractivity contribution is 8.13. The van der Waals surface area contributed by atoms with Crippen molar-refractivity contribution in [3.05, 3.63) is 16.5 Å². The van der Waals surface area contributed by atoms with Gasteiger partial charge in [-0.25, -0.2) is 16.8 Å². The summed E-state index contributed by atoms with van der Waals surface area (Å²) in [5.74, 6) is -33.0. The predicted molar refractivity (Wildman–Crippen MR) is 105 cm³/mol. The summed E-state index contributed by atoms with van der Waals surface area (Å²) in [7, 11) is -15.4. The number of alkyl halides is 18. The highest BCUT2D eigenvalue weighted by atomic mass is 32.3. The molecule has 7 nitrogen and oxygen atoms in total. The summed E-state index contributed by atoms with van der Waals surface area (Å²) in [5, 5.41) is -16.4. The van der Waals surface area contributed by atoms with Gasteiger partial charge in [0.1, 0.15) is 6.20 Å². The van der Waals surface area contributed by atoms with Crippen LogP contribution in [0.4, 0.5) is 79.0 Å². The van der Waals surface area contributed by atoms with E-state index in [0.717, 1.165) is 6.67 Å². The maximum atomic E-state index is 13.2. The molecular weight excluding hydrogens is 704 g/mol. The number of halogens is 18. The average molecular weight is 721 g/mol. The fourth-order valence-electron chi connectivity index (χ4n) is 2.44. The van der Waals surface area contributed by atoms with Gasteiger partial charge in [-0.1, -0.05) is 13.3 Å². The van der Waals surface area contributed by atoms with Crippen molar-refractivity contribution in [1.29, 1.82) is 0 Å². The fraction of sp³-hybridized carbons (Fsp3) is 0.875. The van der Waals surface area contributed by atoms with Crippen molar-refractivity contribution in [2.75, 3.05) is 20.3 Å². The minimum absolute atomic E-state index is 0.109. The Kier molecular flexibility index (Phi) is 11.6. The lowest BCUT2D eigenvalue weighted by Crippen LogP contribution is -3.03. The summed E-state index contributed by atoms with van der Waals surface area (Å²) >= 11 is 0. The van der Waals surface area contributed by atoms with Gasteiger partial charge in [0.15, 0.2) is 26.7 Å². The third kappa shape index (κ3) is 7.33. The molecule has 0 aromatic heterocycles. The summed E-state index contributed by atoms with van der Waals surface area (Å²) in [6, 6.07) is 0. The molecule has 0 bridgehead atoms. The van der Waals surface area contributed by atoms with Crippen molar-refractivity contribution >= 4 is 20.0 Å². The smallest absolute Gasteiger partial charge is 0.425 e. The Hall–Kier alpha value is -1.90. The SMILES string of the molecule is CCCCN1C=C[NH+](C)C1.O=S(=O)([N-]S(=O)(=O)C(F)(F)C(F)(F)C(F)(F)C(F)(F)F)C(F)(F)C(F)(F)C(F)(F)C(F)(F)F. The third-order valence-corrected chi connectivity index (χ3v) is 8.28. The lowest BCUT2D eigenvalue weighted by atomic mass is 10.1. The van der Waals surface area contributed by atoms with E-state index in [1.54, 1.807) is 0 Å². The second kappa shape index (κ2) is 12.1. The van der Waals surface area contributed by atoms with Gasteiger partial charge in [-0.05, 0) is 6.42 Å². The third-order valence-electron chi connectivity index (χ3n) is 4.90. The summed E-state index contributed by atoms with van der Waals surface area (Å²) in [6.45, 7) is 4.61. The maximum absolute atomic E-state index is 13.2. The summed E-state index contributed by atoms with van der Waals surface area (Å²) in [6.07, 6.45) is -8.54. The average Bonchev–Trinajstić information content (AvgIpc) is 3.20. The molecule has 1 heterocycles. The molecule has 1 aliphatic rings. The van der Waals surface area contributed by atoms with Gasteiger partial charge in [0.25, 0.3) is 0 Å². The molecule has 0 radical (unpaired) electrons. The Morgan fingerprint density at radius 1 is 0.651 bits per heavy atom. The molecule has 0 aliphatic carbocycles. The van der Waals surface area contributed by atoms with Crippen LogP contribution in [0, 0.1) is 0 Å². The van der Waals surface area contributed by atoms with Gasteiger partial charge in [0.2, 0.25) is 0 Å². The summed E-state index contributed by atoms with van der Waals surface area (Å²) in [4.78, 5) is 3.86. The minimum Gasteiger partial charge on any atom is -0.425 e. The number of hydrogen-bond donors (Lipinski definition) is 1. The van der Waals surface area contributed by atoms with Crippen molar-refractivity contribution in [2.24, 2.45) is 0 Å². The van der Waals surface area contributed by atoms with E-state index in [4.69, 9.17) is 0 Å². The topological polar surface area (TPSA) is 90.1 Å². The fourth-order valence-corrected chi connectivity index (χ4v) is 5.13. The van der Waals surface area contributed by atoms with Crippen LogP contribution in [-0.2, 0) is 20.0 Å². The number of unbranched alkanes of at least 4 members (excludes halogenated alkanes) is 1. The Labute approximate surface area is 229 Å². The molecule has 27 heteroatoms. The van der Waals surface area contributed by atoms with Crippen LogP contribution in [-0.4, -0.2) is 88.5 Å². The van der Waals surface area contributed by atoms with Crippen molar-refractivity contribution < 1.29 is 101 Å². The van der Waals surface area contributed by atoms with Crippen LogP contribution >= 0.6 is 0 Å². The molecule has 0 saturated heterocycles. The van der Waals surface area contributed by atoms with Gasteiger partial charge >= 0.3 is 46.6 Å². The monoisotopic (exact) mass is 721 g/mol. The van der Waals surface area contributed by atoms with Gasteiger partial charge in [0, 0.05) is 6.54 Å². The molecule has 0 amide bonds. The number of nitrogens with zero attached hydrogens (tertiary/aromatic N) is 2. The molecule has 258 valence electrons. The Morgan fingerprint density at radius 2 is 0.977 bits per heavy atom. The molecule has 0 aromatic carbocycles. The number of sulfonamides is 2. The van der Waals surface area contributed by atoms with E-state index in [9.17, 15) is 95.9 Å². The van der Waals surface area contributed by atoms with E-state index in [0.29, 0.717) is 0 Å². The number of nitrogens with one attached hydrogen (secondary N) is 1. The van der Waals surface area contributed by atoms with Crippen LogP contribution in [0.5, 0.6) is 0 Å². The quantitative estimate of drug-likeness (QED) is 0.307. The zero-order valence-electron chi connectivity index (χ0n) is 20.6. The molecule has 0 saturated carbocycles. The van der Waals surface area contributed by atoms with E-state index < -0.39 is 66.6 Å². The molecule has 1 atom stereocenters. The minimum atomic E-state index is -8.81. The van der Waals surface area contributed by atoms with E-state index in [1.165, 1.54) is 24.3 Å².